The van der Waals surface area contributed by atoms with Gasteiger partial charge in [-0.05, 0) is 42.0 Å². The third kappa shape index (κ3) is 3.96. The second kappa shape index (κ2) is 7.73. The van der Waals surface area contributed by atoms with Crippen LogP contribution in [0.25, 0.3) is 0 Å². The minimum Gasteiger partial charge on any atom is -0.326 e. The molecule has 0 saturated heterocycles. The van der Waals surface area contributed by atoms with Crippen molar-refractivity contribution in [3.05, 3.63) is 59.7 Å². The highest BCUT2D eigenvalue weighted by molar-refractivity contribution is 6.03. The van der Waals surface area contributed by atoms with E-state index in [0.717, 1.165) is 28.9 Å². The number of aryl methyl sites for hydroxylation is 1. The molecule has 0 aliphatic heterocycles. The average molecular weight is 350 g/mol. The van der Waals surface area contributed by atoms with E-state index < -0.39 is 0 Å². The van der Waals surface area contributed by atoms with Gasteiger partial charge in [-0.25, -0.2) is 0 Å². The van der Waals surface area contributed by atoms with E-state index in [0.29, 0.717) is 12.3 Å². The van der Waals surface area contributed by atoms with Crippen LogP contribution in [0.15, 0.2) is 48.5 Å². The molecule has 0 spiro atoms. The number of anilines is 2. The van der Waals surface area contributed by atoms with Gasteiger partial charge in [0.05, 0.1) is 11.8 Å². The molecular formula is C22H26N2O2. The molecule has 136 valence electrons. The molecule has 26 heavy (non-hydrogen) atoms. The van der Waals surface area contributed by atoms with Crippen LogP contribution in [0, 0.1) is 11.8 Å². The van der Waals surface area contributed by atoms with E-state index in [1.807, 2.05) is 48.5 Å². The largest absolute Gasteiger partial charge is 0.326 e. The maximum Gasteiger partial charge on any atom is 0.228 e. The van der Waals surface area contributed by atoms with Crippen LogP contribution in [0.3, 0.4) is 0 Å². The lowest BCUT2D eigenvalue weighted by molar-refractivity contribution is -0.122. The summed E-state index contributed by atoms with van der Waals surface area (Å²) < 4.78 is 0. The molecule has 2 N–H and O–H groups in total. The lowest BCUT2D eigenvalue weighted by Gasteiger charge is -2.13. The van der Waals surface area contributed by atoms with E-state index >= 15 is 0 Å². The monoisotopic (exact) mass is 350 g/mol. The Morgan fingerprint density at radius 1 is 0.923 bits per heavy atom. The van der Waals surface area contributed by atoms with Gasteiger partial charge in [-0.3, -0.25) is 9.59 Å². The van der Waals surface area contributed by atoms with Crippen molar-refractivity contribution in [2.75, 3.05) is 10.6 Å². The number of carbonyl (C=O) groups excluding carboxylic acids is 2. The highest BCUT2D eigenvalue weighted by Crippen LogP contribution is 2.41. The summed E-state index contributed by atoms with van der Waals surface area (Å²) in [5, 5.41) is 5.99. The number of amides is 2. The number of carbonyl (C=O) groups is 2. The van der Waals surface area contributed by atoms with Crippen LogP contribution in [0.2, 0.25) is 0 Å². The zero-order chi connectivity index (χ0) is 18.7. The predicted molar refractivity (Wildman–Crippen MR) is 105 cm³/mol. The first-order valence-electron chi connectivity index (χ1n) is 9.29. The molecule has 3 rings (SSSR count). The molecule has 1 aliphatic carbocycles. The van der Waals surface area contributed by atoms with Crippen molar-refractivity contribution >= 4 is 23.2 Å². The smallest absolute Gasteiger partial charge is 0.228 e. The number of hydrogen-bond acceptors (Lipinski definition) is 2. The fraction of sp³-hybridized carbons (Fsp3) is 0.364. The second-order valence-corrected chi connectivity index (χ2v) is 7.18. The maximum atomic E-state index is 12.5. The summed E-state index contributed by atoms with van der Waals surface area (Å²) in [6, 6.07) is 15.6. The minimum atomic E-state index is -0.246. The molecule has 0 aromatic heterocycles. The Hall–Kier alpha value is -2.62. The standard InChI is InChI=1S/C22H26N2O2/c1-4-15-9-5-7-11-19(15)23-21(25)17-13-18(17)22(26)24-20-12-8-6-10-16(20)14(2)3/h5-12,14,17-18H,4,13H2,1-3H3,(H,23,25)(H,24,26). The molecule has 4 heteroatoms. The molecule has 2 aromatic carbocycles. The van der Waals surface area contributed by atoms with E-state index in [-0.39, 0.29) is 23.7 Å². The van der Waals surface area contributed by atoms with Crippen molar-refractivity contribution in [1.82, 2.24) is 0 Å². The van der Waals surface area contributed by atoms with E-state index in [1.54, 1.807) is 0 Å². The van der Waals surface area contributed by atoms with Crippen LogP contribution >= 0.6 is 0 Å². The topological polar surface area (TPSA) is 58.2 Å². The highest BCUT2D eigenvalue weighted by Gasteiger charge is 2.48. The number of benzene rings is 2. The minimum absolute atomic E-state index is 0.0665. The van der Waals surface area contributed by atoms with Gasteiger partial charge in [-0.2, -0.15) is 0 Å². The molecule has 0 radical (unpaired) electrons. The Kier molecular flexibility index (Phi) is 5.40. The third-order valence-electron chi connectivity index (χ3n) is 4.96. The number of rotatable bonds is 6. The molecule has 0 bridgehead atoms. The average Bonchev–Trinajstić information content (AvgIpc) is 3.43. The summed E-state index contributed by atoms with van der Waals surface area (Å²) in [6.45, 7) is 6.26. The van der Waals surface area contributed by atoms with Crippen molar-refractivity contribution in [2.24, 2.45) is 11.8 Å². The third-order valence-corrected chi connectivity index (χ3v) is 4.96. The molecule has 0 heterocycles. The molecule has 4 nitrogen and oxygen atoms in total. The van der Waals surface area contributed by atoms with E-state index in [1.165, 1.54) is 0 Å². The molecule has 2 atom stereocenters. The zero-order valence-corrected chi connectivity index (χ0v) is 15.6. The zero-order valence-electron chi connectivity index (χ0n) is 15.6. The van der Waals surface area contributed by atoms with Gasteiger partial charge in [-0.1, -0.05) is 57.2 Å². The first-order valence-corrected chi connectivity index (χ1v) is 9.29. The van der Waals surface area contributed by atoms with Gasteiger partial charge in [0.2, 0.25) is 11.8 Å². The number of para-hydroxylation sites is 2. The van der Waals surface area contributed by atoms with Gasteiger partial charge in [-0.15, -0.1) is 0 Å². The van der Waals surface area contributed by atoms with E-state index in [9.17, 15) is 9.59 Å². The Balaban J connectivity index is 1.61. The molecular weight excluding hydrogens is 324 g/mol. The van der Waals surface area contributed by atoms with Crippen molar-refractivity contribution in [2.45, 2.75) is 39.5 Å². The van der Waals surface area contributed by atoms with Crippen LogP contribution in [-0.4, -0.2) is 11.8 Å². The lowest BCUT2D eigenvalue weighted by Crippen LogP contribution is -2.21. The van der Waals surface area contributed by atoms with Crippen LogP contribution < -0.4 is 10.6 Å². The Morgan fingerprint density at radius 2 is 1.46 bits per heavy atom. The Bertz CT molecular complexity index is 813. The normalized spacial score (nSPS) is 18.5. The molecule has 2 amide bonds. The highest BCUT2D eigenvalue weighted by atomic mass is 16.2. The quantitative estimate of drug-likeness (QED) is 0.801. The lowest BCUT2D eigenvalue weighted by atomic mass is 10.0. The van der Waals surface area contributed by atoms with Crippen molar-refractivity contribution in [3.63, 3.8) is 0 Å². The fourth-order valence-corrected chi connectivity index (χ4v) is 3.29. The van der Waals surface area contributed by atoms with E-state index in [2.05, 4.69) is 31.4 Å². The van der Waals surface area contributed by atoms with Crippen molar-refractivity contribution < 1.29 is 9.59 Å². The fourth-order valence-electron chi connectivity index (χ4n) is 3.29. The number of hydrogen-bond donors (Lipinski definition) is 2. The first kappa shape index (κ1) is 18.2. The molecule has 1 aliphatic rings. The van der Waals surface area contributed by atoms with Crippen LogP contribution in [0.1, 0.15) is 44.2 Å². The molecule has 1 fully saturated rings. The Morgan fingerprint density at radius 3 is 2.08 bits per heavy atom. The second-order valence-electron chi connectivity index (χ2n) is 7.18. The van der Waals surface area contributed by atoms with Gasteiger partial charge in [0.1, 0.15) is 0 Å². The molecule has 2 aromatic rings. The van der Waals surface area contributed by atoms with Crippen LogP contribution in [-0.2, 0) is 16.0 Å². The van der Waals surface area contributed by atoms with Crippen LogP contribution in [0.5, 0.6) is 0 Å². The first-order chi connectivity index (χ1) is 12.5. The van der Waals surface area contributed by atoms with Crippen molar-refractivity contribution in [3.8, 4) is 0 Å². The summed E-state index contributed by atoms with van der Waals surface area (Å²) in [5.41, 5.74) is 3.90. The number of nitrogens with one attached hydrogen (secondary N) is 2. The van der Waals surface area contributed by atoms with E-state index in [4.69, 9.17) is 0 Å². The molecule has 1 saturated carbocycles. The SMILES string of the molecule is CCc1ccccc1NC(=O)C1CC1C(=O)Nc1ccccc1C(C)C. The Labute approximate surface area is 155 Å². The maximum absolute atomic E-state index is 12.5. The van der Waals surface area contributed by atoms with Gasteiger partial charge in [0, 0.05) is 11.4 Å². The van der Waals surface area contributed by atoms with Crippen molar-refractivity contribution in [1.29, 1.82) is 0 Å². The predicted octanol–water partition coefficient (Wildman–Crippen LogP) is 4.59. The van der Waals surface area contributed by atoms with Gasteiger partial charge in [0.25, 0.3) is 0 Å². The summed E-state index contributed by atoms with van der Waals surface area (Å²) in [5.74, 6) is -0.296. The summed E-state index contributed by atoms with van der Waals surface area (Å²) in [6.07, 6.45) is 1.47. The van der Waals surface area contributed by atoms with Gasteiger partial charge >= 0.3 is 0 Å². The summed E-state index contributed by atoms with van der Waals surface area (Å²) >= 11 is 0. The summed E-state index contributed by atoms with van der Waals surface area (Å²) in [7, 11) is 0. The van der Waals surface area contributed by atoms with Crippen LogP contribution in [0.4, 0.5) is 11.4 Å². The summed E-state index contributed by atoms with van der Waals surface area (Å²) in [4.78, 5) is 25.0. The molecule has 2 unspecified atom stereocenters. The van der Waals surface area contributed by atoms with Gasteiger partial charge in [0.15, 0.2) is 0 Å². The van der Waals surface area contributed by atoms with Gasteiger partial charge < -0.3 is 10.6 Å².